The Kier molecular flexibility index (Phi) is 3.75. The maximum Gasteiger partial charge on any atom is 0.0781 e. The fourth-order valence-corrected chi connectivity index (χ4v) is 1.38. The SMILES string of the molecule is CC(O)c1ccccc1NCC(C)(C)C. The molecule has 2 N–H and O–H groups in total. The highest BCUT2D eigenvalue weighted by atomic mass is 16.3. The molecule has 0 spiro atoms. The van der Waals surface area contributed by atoms with Crippen molar-refractivity contribution in [3.05, 3.63) is 29.8 Å². The van der Waals surface area contributed by atoms with Gasteiger partial charge < -0.3 is 10.4 Å². The molecule has 0 aliphatic carbocycles. The number of para-hydroxylation sites is 1. The third kappa shape index (κ3) is 3.92. The molecule has 0 aromatic heterocycles. The summed E-state index contributed by atoms with van der Waals surface area (Å²) in [6, 6.07) is 7.89. The van der Waals surface area contributed by atoms with Crippen LogP contribution in [0.15, 0.2) is 24.3 Å². The van der Waals surface area contributed by atoms with Gasteiger partial charge in [-0.2, -0.15) is 0 Å². The molecule has 1 unspecified atom stereocenters. The van der Waals surface area contributed by atoms with E-state index in [1.165, 1.54) is 0 Å². The van der Waals surface area contributed by atoms with Crippen LogP contribution < -0.4 is 5.32 Å². The van der Waals surface area contributed by atoms with Gasteiger partial charge in [0.05, 0.1) is 6.10 Å². The first-order valence-electron chi connectivity index (χ1n) is 5.41. The van der Waals surface area contributed by atoms with E-state index < -0.39 is 6.10 Å². The fraction of sp³-hybridized carbons (Fsp3) is 0.538. The van der Waals surface area contributed by atoms with Gasteiger partial charge in [-0.15, -0.1) is 0 Å². The zero-order valence-corrected chi connectivity index (χ0v) is 10.0. The predicted molar refractivity (Wildman–Crippen MR) is 65.0 cm³/mol. The predicted octanol–water partition coefficient (Wildman–Crippen LogP) is 3.20. The van der Waals surface area contributed by atoms with Crippen molar-refractivity contribution >= 4 is 5.69 Å². The fourth-order valence-electron chi connectivity index (χ4n) is 1.38. The van der Waals surface area contributed by atoms with Crippen LogP contribution in [0.25, 0.3) is 0 Å². The largest absolute Gasteiger partial charge is 0.389 e. The minimum Gasteiger partial charge on any atom is -0.389 e. The van der Waals surface area contributed by atoms with E-state index in [9.17, 15) is 5.11 Å². The van der Waals surface area contributed by atoms with E-state index >= 15 is 0 Å². The van der Waals surface area contributed by atoms with Crippen molar-refractivity contribution in [1.29, 1.82) is 0 Å². The number of aliphatic hydroxyl groups is 1. The van der Waals surface area contributed by atoms with Crippen LogP contribution in [0.3, 0.4) is 0 Å². The Morgan fingerprint density at radius 2 is 1.87 bits per heavy atom. The highest BCUT2D eigenvalue weighted by Gasteiger charge is 2.12. The first-order valence-corrected chi connectivity index (χ1v) is 5.41. The number of nitrogens with one attached hydrogen (secondary N) is 1. The highest BCUT2D eigenvalue weighted by molar-refractivity contribution is 5.52. The van der Waals surface area contributed by atoms with E-state index in [0.717, 1.165) is 17.8 Å². The number of rotatable bonds is 3. The van der Waals surface area contributed by atoms with Gasteiger partial charge in [-0.05, 0) is 18.4 Å². The van der Waals surface area contributed by atoms with Gasteiger partial charge in [0.15, 0.2) is 0 Å². The highest BCUT2D eigenvalue weighted by Crippen LogP contribution is 2.23. The maximum absolute atomic E-state index is 9.59. The monoisotopic (exact) mass is 207 g/mol. The number of anilines is 1. The minimum atomic E-state index is -0.423. The van der Waals surface area contributed by atoms with E-state index in [4.69, 9.17) is 0 Å². The van der Waals surface area contributed by atoms with Crippen molar-refractivity contribution in [2.45, 2.75) is 33.8 Å². The maximum atomic E-state index is 9.59. The molecule has 0 aliphatic heterocycles. The summed E-state index contributed by atoms with van der Waals surface area (Å²) in [5.41, 5.74) is 2.23. The van der Waals surface area contributed by atoms with E-state index in [-0.39, 0.29) is 5.41 Å². The molecule has 1 rings (SSSR count). The quantitative estimate of drug-likeness (QED) is 0.797. The molecular formula is C13H21NO. The summed E-state index contributed by atoms with van der Waals surface area (Å²) >= 11 is 0. The molecule has 2 heteroatoms. The lowest BCUT2D eigenvalue weighted by Gasteiger charge is -2.21. The zero-order chi connectivity index (χ0) is 11.5. The standard InChI is InChI=1S/C13H21NO/c1-10(15)11-7-5-6-8-12(11)14-9-13(2,3)4/h5-8,10,14-15H,9H2,1-4H3. The molecule has 2 nitrogen and oxygen atoms in total. The number of benzene rings is 1. The van der Waals surface area contributed by atoms with E-state index in [0.29, 0.717) is 0 Å². The van der Waals surface area contributed by atoms with Gasteiger partial charge in [-0.25, -0.2) is 0 Å². The van der Waals surface area contributed by atoms with Gasteiger partial charge in [0, 0.05) is 17.8 Å². The Labute approximate surface area is 92.3 Å². The lowest BCUT2D eigenvalue weighted by molar-refractivity contribution is 0.200. The summed E-state index contributed by atoms with van der Waals surface area (Å²) in [4.78, 5) is 0. The number of hydrogen-bond acceptors (Lipinski definition) is 2. The second kappa shape index (κ2) is 4.67. The van der Waals surface area contributed by atoms with E-state index in [2.05, 4.69) is 26.1 Å². The average molecular weight is 207 g/mol. The molecule has 1 atom stereocenters. The third-order valence-corrected chi connectivity index (χ3v) is 2.22. The molecule has 0 bridgehead atoms. The molecule has 0 saturated heterocycles. The first kappa shape index (κ1) is 12.1. The van der Waals surface area contributed by atoms with Gasteiger partial charge >= 0.3 is 0 Å². The number of aliphatic hydroxyl groups excluding tert-OH is 1. The lowest BCUT2D eigenvalue weighted by atomic mass is 9.96. The van der Waals surface area contributed by atoms with Crippen molar-refractivity contribution in [3.63, 3.8) is 0 Å². The van der Waals surface area contributed by atoms with Crippen molar-refractivity contribution in [2.24, 2.45) is 5.41 Å². The second-order valence-electron chi connectivity index (χ2n) is 5.18. The Morgan fingerprint density at radius 3 is 2.40 bits per heavy atom. The molecule has 84 valence electrons. The Hall–Kier alpha value is -1.02. The Morgan fingerprint density at radius 1 is 1.27 bits per heavy atom. The van der Waals surface area contributed by atoms with Crippen LogP contribution in [0, 0.1) is 5.41 Å². The molecule has 0 amide bonds. The first-order chi connectivity index (χ1) is 6.90. The summed E-state index contributed by atoms with van der Waals surface area (Å²) < 4.78 is 0. The summed E-state index contributed by atoms with van der Waals surface area (Å²) in [6.45, 7) is 9.25. The smallest absolute Gasteiger partial charge is 0.0781 e. The normalized spacial score (nSPS) is 13.7. The Bertz CT molecular complexity index is 313. The lowest BCUT2D eigenvalue weighted by Crippen LogP contribution is -2.19. The van der Waals surface area contributed by atoms with E-state index in [1.807, 2.05) is 24.3 Å². The molecule has 1 aromatic rings. The van der Waals surface area contributed by atoms with Crippen molar-refractivity contribution in [3.8, 4) is 0 Å². The molecule has 0 radical (unpaired) electrons. The summed E-state index contributed by atoms with van der Waals surface area (Å²) in [5, 5.41) is 13.0. The zero-order valence-electron chi connectivity index (χ0n) is 10.0. The van der Waals surface area contributed by atoms with Gasteiger partial charge in [-0.1, -0.05) is 39.0 Å². The van der Waals surface area contributed by atoms with Crippen molar-refractivity contribution in [1.82, 2.24) is 0 Å². The minimum absolute atomic E-state index is 0.242. The number of hydrogen-bond donors (Lipinski definition) is 2. The summed E-state index contributed by atoms with van der Waals surface area (Å²) in [6.07, 6.45) is -0.423. The van der Waals surface area contributed by atoms with Crippen LogP contribution in [-0.2, 0) is 0 Å². The molecular weight excluding hydrogens is 186 g/mol. The van der Waals surface area contributed by atoms with Crippen molar-refractivity contribution < 1.29 is 5.11 Å². The molecule has 0 fully saturated rings. The summed E-state index contributed by atoms with van der Waals surface area (Å²) in [5.74, 6) is 0. The van der Waals surface area contributed by atoms with Gasteiger partial charge in [0.2, 0.25) is 0 Å². The molecule has 0 saturated carbocycles. The van der Waals surface area contributed by atoms with Gasteiger partial charge in [0.25, 0.3) is 0 Å². The van der Waals surface area contributed by atoms with Crippen LogP contribution in [-0.4, -0.2) is 11.7 Å². The second-order valence-corrected chi connectivity index (χ2v) is 5.18. The molecule has 1 aromatic carbocycles. The van der Waals surface area contributed by atoms with Gasteiger partial charge in [-0.3, -0.25) is 0 Å². The van der Waals surface area contributed by atoms with Crippen LogP contribution in [0.1, 0.15) is 39.4 Å². The molecule has 0 heterocycles. The van der Waals surface area contributed by atoms with Crippen molar-refractivity contribution in [2.75, 3.05) is 11.9 Å². The van der Waals surface area contributed by atoms with Crippen LogP contribution in [0.5, 0.6) is 0 Å². The summed E-state index contributed by atoms with van der Waals surface area (Å²) in [7, 11) is 0. The Balaban J connectivity index is 2.76. The van der Waals surface area contributed by atoms with Crippen LogP contribution in [0.4, 0.5) is 5.69 Å². The van der Waals surface area contributed by atoms with Gasteiger partial charge in [0.1, 0.15) is 0 Å². The molecule has 0 aliphatic rings. The molecule has 15 heavy (non-hydrogen) atoms. The topological polar surface area (TPSA) is 32.3 Å². The van der Waals surface area contributed by atoms with Crippen LogP contribution in [0.2, 0.25) is 0 Å². The average Bonchev–Trinajstić information content (AvgIpc) is 2.14. The van der Waals surface area contributed by atoms with E-state index in [1.54, 1.807) is 6.92 Å². The third-order valence-electron chi connectivity index (χ3n) is 2.22. The van der Waals surface area contributed by atoms with Crippen LogP contribution >= 0.6 is 0 Å².